The van der Waals surface area contributed by atoms with Crippen LogP contribution in [-0.2, 0) is 0 Å². The van der Waals surface area contributed by atoms with Crippen molar-refractivity contribution in [3.05, 3.63) is 0 Å². The van der Waals surface area contributed by atoms with E-state index < -0.39 is 0 Å². The van der Waals surface area contributed by atoms with E-state index >= 15 is 0 Å². The van der Waals surface area contributed by atoms with E-state index in [4.69, 9.17) is 0 Å². The Hall–Kier alpha value is 1.54. The van der Waals surface area contributed by atoms with Gasteiger partial charge in [0.05, 0.1) is 0 Å². The Morgan fingerprint density at radius 2 is 2.00 bits per heavy atom. The molecule has 1 unspecified atom stereocenters. The predicted octanol–water partition coefficient (Wildman–Crippen LogP) is -0.806. The van der Waals surface area contributed by atoms with Gasteiger partial charge in [0.1, 0.15) is 0 Å². The van der Waals surface area contributed by atoms with Gasteiger partial charge in [0.2, 0.25) is 0 Å². The van der Waals surface area contributed by atoms with Crippen LogP contribution in [0.2, 0.25) is 0 Å². The third-order valence-corrected chi connectivity index (χ3v) is 1.46. The minimum atomic E-state index is -0.132. The van der Waals surface area contributed by atoms with E-state index in [9.17, 15) is 5.11 Å². The summed E-state index contributed by atoms with van der Waals surface area (Å²) in [6, 6.07) is 0. The zero-order valence-electron chi connectivity index (χ0n) is 3.74. The number of rotatable bonds is 2. The molecule has 0 aliphatic carbocycles. The molecule has 7 heavy (non-hydrogen) atoms. The quantitative estimate of drug-likeness (QED) is 0.502. The van der Waals surface area contributed by atoms with E-state index in [1.54, 1.807) is 0 Å². The molecule has 1 atom stereocenters. The first-order valence-corrected chi connectivity index (χ1v) is 2.83. The van der Waals surface area contributed by atoms with Crippen molar-refractivity contribution in [2.75, 3.05) is 12.4 Å². The zero-order valence-corrected chi connectivity index (χ0v) is 9.01. The SMILES string of the molecule is [Bi+3].[O-]CC(S)CS. The Balaban J connectivity index is 0. The van der Waals surface area contributed by atoms with Gasteiger partial charge in [0, 0.05) is 5.75 Å². The standard InChI is InChI=1S/C3H7OS2.Bi/c4-1-3(6)2-5;/h3,5-6H,1-2H2;/q-1;+3. The van der Waals surface area contributed by atoms with Crippen LogP contribution in [0.4, 0.5) is 0 Å². The minimum Gasteiger partial charge on any atom is -0.854 e. The van der Waals surface area contributed by atoms with Crippen LogP contribution in [0.3, 0.4) is 0 Å². The summed E-state index contributed by atoms with van der Waals surface area (Å²) < 4.78 is 0. The summed E-state index contributed by atoms with van der Waals surface area (Å²) in [5, 5.41) is 9.67. The number of hydrogen-bond acceptors (Lipinski definition) is 3. The molecule has 0 aromatic heterocycles. The minimum absolute atomic E-state index is 0. The van der Waals surface area contributed by atoms with E-state index in [-0.39, 0.29) is 38.1 Å². The van der Waals surface area contributed by atoms with Crippen LogP contribution in [0.5, 0.6) is 0 Å². The van der Waals surface area contributed by atoms with E-state index in [0.717, 1.165) is 0 Å². The van der Waals surface area contributed by atoms with Crippen molar-refractivity contribution in [3.8, 4) is 0 Å². The van der Waals surface area contributed by atoms with Crippen molar-refractivity contribution in [2.24, 2.45) is 0 Å². The van der Waals surface area contributed by atoms with Crippen molar-refractivity contribution in [1.82, 2.24) is 0 Å². The Morgan fingerprint density at radius 1 is 1.57 bits per heavy atom. The Morgan fingerprint density at radius 3 is 2.00 bits per heavy atom. The van der Waals surface area contributed by atoms with E-state index in [1.165, 1.54) is 0 Å². The Labute approximate surface area is 73.8 Å². The molecular weight excluding hydrogens is 325 g/mol. The summed E-state index contributed by atoms with van der Waals surface area (Å²) in [6.07, 6.45) is 0. The Bertz CT molecular complexity index is 32.1. The third kappa shape index (κ3) is 7.54. The van der Waals surface area contributed by atoms with Crippen LogP contribution in [0.25, 0.3) is 0 Å². The van der Waals surface area contributed by atoms with Gasteiger partial charge in [-0.1, -0.05) is 0 Å². The molecule has 0 aromatic carbocycles. The number of hydrogen-bond donors (Lipinski definition) is 2. The fourth-order valence-electron chi connectivity index (χ4n) is 0.0527. The van der Waals surface area contributed by atoms with E-state index in [2.05, 4.69) is 25.3 Å². The zero-order chi connectivity index (χ0) is 4.99. The van der Waals surface area contributed by atoms with Crippen molar-refractivity contribution < 1.29 is 5.11 Å². The van der Waals surface area contributed by atoms with Gasteiger partial charge >= 0.3 is 26.2 Å². The molecule has 0 rings (SSSR count). The van der Waals surface area contributed by atoms with Crippen LogP contribution in [0.15, 0.2) is 0 Å². The molecule has 0 amide bonds. The molecule has 1 nitrogen and oxygen atoms in total. The van der Waals surface area contributed by atoms with Crippen molar-refractivity contribution >= 4 is 51.5 Å². The molecule has 0 fully saturated rings. The number of thiol groups is 2. The first-order chi connectivity index (χ1) is 2.81. The maximum Gasteiger partial charge on any atom is 3.00 e. The van der Waals surface area contributed by atoms with Crippen LogP contribution in [0, 0.1) is 0 Å². The average Bonchev–Trinajstić information content (AvgIpc) is 1.65. The normalized spacial score (nSPS) is 12.4. The summed E-state index contributed by atoms with van der Waals surface area (Å²) >= 11 is 7.66. The van der Waals surface area contributed by atoms with Crippen LogP contribution < -0.4 is 5.11 Å². The summed E-state index contributed by atoms with van der Waals surface area (Å²) in [7, 11) is 0. The second-order valence-electron chi connectivity index (χ2n) is 1.00. The van der Waals surface area contributed by atoms with Gasteiger partial charge in [-0.15, -0.1) is 6.61 Å². The smallest absolute Gasteiger partial charge is 0.854 e. The van der Waals surface area contributed by atoms with Crippen LogP contribution in [-0.4, -0.2) is 43.8 Å². The van der Waals surface area contributed by atoms with Crippen LogP contribution >= 0.6 is 25.3 Å². The third-order valence-electron chi connectivity index (χ3n) is 0.403. The second-order valence-corrected chi connectivity index (χ2v) is 2.10. The molecule has 0 aliphatic heterocycles. The maximum atomic E-state index is 9.74. The van der Waals surface area contributed by atoms with Gasteiger partial charge in [0.25, 0.3) is 0 Å². The summed E-state index contributed by atoms with van der Waals surface area (Å²) in [5.74, 6) is 0.576. The van der Waals surface area contributed by atoms with Crippen molar-refractivity contribution in [3.63, 3.8) is 0 Å². The monoisotopic (exact) mass is 332 g/mol. The van der Waals surface area contributed by atoms with Gasteiger partial charge in [-0.25, -0.2) is 0 Å². The molecule has 0 heterocycles. The van der Waals surface area contributed by atoms with Crippen molar-refractivity contribution in [2.45, 2.75) is 5.25 Å². The first-order valence-electron chi connectivity index (χ1n) is 1.68. The summed E-state index contributed by atoms with van der Waals surface area (Å²) in [4.78, 5) is 0. The first kappa shape index (κ1) is 11.4. The molecule has 2 radical (unpaired) electrons. The largest absolute Gasteiger partial charge is 3.00 e. The van der Waals surface area contributed by atoms with Gasteiger partial charge in [-0.3, -0.25) is 0 Å². The molecule has 0 saturated heterocycles. The second kappa shape index (κ2) is 7.54. The fraction of sp³-hybridized carbons (Fsp3) is 1.00. The maximum absolute atomic E-state index is 9.74. The molecule has 4 heteroatoms. The summed E-state index contributed by atoms with van der Waals surface area (Å²) in [5.41, 5.74) is 0. The molecule has 0 aliphatic rings. The molecular formula is C3H7BiOS2+2. The predicted molar refractivity (Wildman–Crippen MR) is 37.2 cm³/mol. The van der Waals surface area contributed by atoms with E-state index in [1.807, 2.05) is 0 Å². The molecule has 0 saturated carbocycles. The van der Waals surface area contributed by atoms with Gasteiger partial charge in [-0.05, 0) is 5.25 Å². The average molecular weight is 332 g/mol. The molecule has 0 aromatic rings. The van der Waals surface area contributed by atoms with E-state index in [0.29, 0.717) is 5.75 Å². The Kier molecular flexibility index (Phi) is 12.2. The molecule has 0 spiro atoms. The summed E-state index contributed by atoms with van der Waals surface area (Å²) in [6.45, 7) is -0.132. The van der Waals surface area contributed by atoms with Gasteiger partial charge < -0.3 is 5.11 Å². The molecule has 0 N–H and O–H groups in total. The fourth-order valence-corrected chi connectivity index (χ4v) is 0.158. The van der Waals surface area contributed by atoms with Gasteiger partial charge in [-0.2, -0.15) is 25.3 Å². The molecule has 0 bridgehead atoms. The van der Waals surface area contributed by atoms with Crippen LogP contribution in [0.1, 0.15) is 0 Å². The van der Waals surface area contributed by atoms with Gasteiger partial charge in [0.15, 0.2) is 0 Å². The topological polar surface area (TPSA) is 23.1 Å². The van der Waals surface area contributed by atoms with Crippen molar-refractivity contribution in [1.29, 1.82) is 0 Å². The molecule has 40 valence electrons.